The van der Waals surface area contributed by atoms with E-state index >= 15 is 0 Å². The predicted molar refractivity (Wildman–Crippen MR) is 52.0 cm³/mol. The second-order valence-electron chi connectivity index (χ2n) is 2.83. The minimum absolute atomic E-state index is 0.00269. The van der Waals surface area contributed by atoms with Crippen molar-refractivity contribution in [2.45, 2.75) is 12.8 Å². The molecule has 1 unspecified atom stereocenters. The van der Waals surface area contributed by atoms with Gasteiger partial charge in [0.2, 0.25) is 0 Å². The summed E-state index contributed by atoms with van der Waals surface area (Å²) in [4.78, 5) is 0. The molecule has 0 amide bonds. The molecule has 1 atom stereocenters. The molecule has 0 aliphatic rings. The van der Waals surface area contributed by atoms with Crippen LogP contribution < -0.4 is 4.74 Å². The average Bonchev–Trinajstić information content (AvgIpc) is 2.20. The molecule has 0 saturated heterocycles. The third-order valence-electron chi connectivity index (χ3n) is 1.94. The fourth-order valence-corrected chi connectivity index (χ4v) is 1.36. The highest BCUT2D eigenvalue weighted by Crippen LogP contribution is 2.32. The molecule has 0 aliphatic carbocycles. The van der Waals surface area contributed by atoms with E-state index in [0.29, 0.717) is 5.75 Å². The van der Waals surface area contributed by atoms with Gasteiger partial charge in [-0.05, 0) is 19.1 Å². The molecule has 1 rings (SSSR count). The van der Waals surface area contributed by atoms with Crippen LogP contribution in [0, 0.1) is 17.1 Å². The van der Waals surface area contributed by atoms with Crippen LogP contribution in [0.2, 0.25) is 5.02 Å². The molecule has 74 valence electrons. The zero-order valence-electron chi connectivity index (χ0n) is 7.84. The Labute approximate surface area is 86.9 Å². The minimum atomic E-state index is -0.583. The normalized spacial score (nSPS) is 11.9. The monoisotopic (exact) mass is 213 g/mol. The maximum atomic E-state index is 13.5. The van der Waals surface area contributed by atoms with Gasteiger partial charge in [-0.2, -0.15) is 5.26 Å². The van der Waals surface area contributed by atoms with Crippen molar-refractivity contribution in [1.82, 2.24) is 0 Å². The topological polar surface area (TPSA) is 33.0 Å². The van der Waals surface area contributed by atoms with Crippen molar-refractivity contribution >= 4 is 11.6 Å². The molecule has 0 saturated carbocycles. The maximum Gasteiger partial charge on any atom is 0.150 e. The van der Waals surface area contributed by atoms with Crippen LogP contribution >= 0.6 is 11.6 Å². The molecule has 0 spiro atoms. The number of halogens is 2. The summed E-state index contributed by atoms with van der Waals surface area (Å²) in [6.07, 6.45) is 0. The van der Waals surface area contributed by atoms with Gasteiger partial charge in [-0.15, -0.1) is 0 Å². The highest BCUT2D eigenvalue weighted by atomic mass is 35.5. The quantitative estimate of drug-likeness (QED) is 0.756. The van der Waals surface area contributed by atoms with E-state index in [1.54, 1.807) is 13.0 Å². The van der Waals surface area contributed by atoms with Gasteiger partial charge in [0, 0.05) is 5.56 Å². The standard InChI is InChI=1S/C10H9ClFNO/c1-6(5-13)9-8(14-2)4-3-7(11)10(9)12/h3-4,6H,1-2H3. The van der Waals surface area contributed by atoms with Crippen molar-refractivity contribution in [2.24, 2.45) is 0 Å². The summed E-state index contributed by atoms with van der Waals surface area (Å²) in [5, 5.41) is 8.71. The van der Waals surface area contributed by atoms with Gasteiger partial charge >= 0.3 is 0 Å². The Morgan fingerprint density at radius 3 is 2.71 bits per heavy atom. The third-order valence-corrected chi connectivity index (χ3v) is 2.23. The van der Waals surface area contributed by atoms with Crippen molar-refractivity contribution in [3.05, 3.63) is 28.5 Å². The van der Waals surface area contributed by atoms with Crippen LogP contribution in [-0.2, 0) is 0 Å². The molecule has 0 heterocycles. The SMILES string of the molecule is COc1ccc(Cl)c(F)c1C(C)C#N. The van der Waals surface area contributed by atoms with Crippen molar-refractivity contribution in [2.75, 3.05) is 7.11 Å². The zero-order valence-corrected chi connectivity index (χ0v) is 8.60. The smallest absolute Gasteiger partial charge is 0.150 e. The second-order valence-corrected chi connectivity index (χ2v) is 3.24. The summed E-state index contributed by atoms with van der Waals surface area (Å²) >= 11 is 5.60. The number of benzene rings is 1. The molecule has 0 fully saturated rings. The summed E-state index contributed by atoms with van der Waals surface area (Å²) in [5.74, 6) is -0.815. The number of hydrogen-bond donors (Lipinski definition) is 0. The lowest BCUT2D eigenvalue weighted by atomic mass is 10.0. The maximum absolute atomic E-state index is 13.5. The van der Waals surface area contributed by atoms with Crippen LogP contribution in [0.25, 0.3) is 0 Å². The molecular formula is C10H9ClFNO. The predicted octanol–water partition coefficient (Wildman–Crippen LogP) is 3.11. The van der Waals surface area contributed by atoms with Crippen molar-refractivity contribution in [3.8, 4) is 11.8 Å². The summed E-state index contributed by atoms with van der Waals surface area (Å²) in [5.41, 5.74) is 0.211. The number of ether oxygens (including phenoxy) is 1. The number of methoxy groups -OCH3 is 1. The van der Waals surface area contributed by atoms with Crippen molar-refractivity contribution in [3.63, 3.8) is 0 Å². The van der Waals surface area contributed by atoms with Crippen molar-refractivity contribution in [1.29, 1.82) is 5.26 Å². The summed E-state index contributed by atoms with van der Waals surface area (Å²) in [6, 6.07) is 4.90. The Morgan fingerprint density at radius 2 is 2.21 bits per heavy atom. The number of nitrogens with zero attached hydrogens (tertiary/aromatic N) is 1. The molecule has 4 heteroatoms. The summed E-state index contributed by atoms with van der Waals surface area (Å²) in [6.45, 7) is 1.59. The highest BCUT2D eigenvalue weighted by Gasteiger charge is 2.18. The van der Waals surface area contributed by atoms with Crippen LogP contribution in [0.5, 0.6) is 5.75 Å². The largest absolute Gasteiger partial charge is 0.496 e. The fourth-order valence-electron chi connectivity index (χ4n) is 1.19. The lowest BCUT2D eigenvalue weighted by Crippen LogP contribution is -1.99. The van der Waals surface area contributed by atoms with Gasteiger partial charge in [0.15, 0.2) is 0 Å². The Hall–Kier alpha value is -1.27. The second kappa shape index (κ2) is 4.30. The fraction of sp³-hybridized carbons (Fsp3) is 0.300. The van der Waals surface area contributed by atoms with Gasteiger partial charge in [0.05, 0.1) is 24.1 Å². The molecule has 14 heavy (non-hydrogen) atoms. The highest BCUT2D eigenvalue weighted by molar-refractivity contribution is 6.30. The molecule has 0 N–H and O–H groups in total. The van der Waals surface area contributed by atoms with E-state index < -0.39 is 11.7 Å². The van der Waals surface area contributed by atoms with E-state index in [4.69, 9.17) is 21.6 Å². The number of hydrogen-bond acceptors (Lipinski definition) is 2. The minimum Gasteiger partial charge on any atom is -0.496 e. The van der Waals surface area contributed by atoms with Crippen LogP contribution in [0.3, 0.4) is 0 Å². The third kappa shape index (κ3) is 1.80. The van der Waals surface area contributed by atoms with E-state index in [2.05, 4.69) is 0 Å². The molecule has 1 aromatic carbocycles. The van der Waals surface area contributed by atoms with Crippen LogP contribution in [0.4, 0.5) is 4.39 Å². The number of nitriles is 1. The average molecular weight is 214 g/mol. The molecule has 2 nitrogen and oxygen atoms in total. The Kier molecular flexibility index (Phi) is 3.32. The molecule has 0 bridgehead atoms. The van der Waals surface area contributed by atoms with Gasteiger partial charge in [0.25, 0.3) is 0 Å². The first-order chi connectivity index (χ1) is 6.61. The molecular weight excluding hydrogens is 205 g/mol. The van der Waals surface area contributed by atoms with Gasteiger partial charge in [-0.1, -0.05) is 11.6 Å². The molecule has 0 aromatic heterocycles. The van der Waals surface area contributed by atoms with Gasteiger partial charge in [0.1, 0.15) is 11.6 Å². The Morgan fingerprint density at radius 1 is 1.57 bits per heavy atom. The van der Waals surface area contributed by atoms with E-state index in [0.717, 1.165) is 0 Å². The summed E-state index contributed by atoms with van der Waals surface area (Å²) in [7, 11) is 1.43. The van der Waals surface area contributed by atoms with Gasteiger partial charge in [-0.25, -0.2) is 4.39 Å². The number of rotatable bonds is 2. The summed E-state index contributed by atoms with van der Waals surface area (Å²) < 4.78 is 18.5. The lowest BCUT2D eigenvalue weighted by molar-refractivity contribution is 0.403. The van der Waals surface area contributed by atoms with E-state index in [9.17, 15) is 4.39 Å². The molecule has 0 radical (unpaired) electrons. The lowest BCUT2D eigenvalue weighted by Gasteiger charge is -2.11. The molecule has 1 aromatic rings. The first-order valence-electron chi connectivity index (χ1n) is 4.03. The Bertz CT molecular complexity index is 386. The van der Waals surface area contributed by atoms with Crippen LogP contribution in [0.15, 0.2) is 12.1 Å². The van der Waals surface area contributed by atoms with E-state index in [1.165, 1.54) is 13.2 Å². The van der Waals surface area contributed by atoms with Crippen LogP contribution in [0.1, 0.15) is 18.4 Å². The van der Waals surface area contributed by atoms with Gasteiger partial charge in [-0.3, -0.25) is 0 Å². The van der Waals surface area contributed by atoms with Gasteiger partial charge < -0.3 is 4.74 Å². The van der Waals surface area contributed by atoms with Crippen LogP contribution in [-0.4, -0.2) is 7.11 Å². The van der Waals surface area contributed by atoms with E-state index in [1.807, 2.05) is 6.07 Å². The zero-order chi connectivity index (χ0) is 10.7. The van der Waals surface area contributed by atoms with E-state index in [-0.39, 0.29) is 10.6 Å². The molecule has 0 aliphatic heterocycles. The Balaban J connectivity index is 3.37. The first kappa shape index (κ1) is 10.8. The van der Waals surface area contributed by atoms with Crippen molar-refractivity contribution < 1.29 is 9.13 Å². The first-order valence-corrected chi connectivity index (χ1v) is 4.41.